The summed E-state index contributed by atoms with van der Waals surface area (Å²) in [7, 11) is 0. The maximum absolute atomic E-state index is 5.98. The van der Waals surface area contributed by atoms with Crippen LogP contribution in [0.15, 0.2) is 101 Å². The molecule has 130 valence electrons. The number of fused-ring (bicyclic) bond motifs is 4. The molecular formula is C25H16N2O+2. The van der Waals surface area contributed by atoms with Gasteiger partial charge in [-0.15, -0.1) is 0 Å². The summed E-state index contributed by atoms with van der Waals surface area (Å²) in [5, 5.41) is 2.25. The molecule has 0 amide bonds. The van der Waals surface area contributed by atoms with E-state index >= 15 is 0 Å². The van der Waals surface area contributed by atoms with E-state index in [0.717, 1.165) is 44.7 Å². The number of nitrogens with zero attached hydrogens (tertiary/aromatic N) is 2. The molecule has 3 heteroatoms. The van der Waals surface area contributed by atoms with Crippen LogP contribution in [0.2, 0.25) is 0 Å². The predicted octanol–water partition coefficient (Wildman–Crippen LogP) is 6.44. The molecule has 3 nitrogen and oxygen atoms in total. The second-order valence-corrected chi connectivity index (χ2v) is 6.87. The van der Waals surface area contributed by atoms with Gasteiger partial charge < -0.3 is 4.42 Å². The van der Waals surface area contributed by atoms with E-state index in [1.165, 1.54) is 0 Å². The van der Waals surface area contributed by atoms with Gasteiger partial charge in [-0.2, -0.15) is 0 Å². The highest BCUT2D eigenvalue weighted by atomic mass is 16.3. The Balaban J connectivity index is 1.62. The normalized spacial score (nSPS) is 12.9. The lowest BCUT2D eigenvalue weighted by Crippen LogP contribution is -2.00. The summed E-state index contributed by atoms with van der Waals surface area (Å²) in [6.45, 7) is 0. The van der Waals surface area contributed by atoms with Crippen LogP contribution in [-0.2, 0) is 0 Å². The molecule has 0 unspecified atom stereocenters. The van der Waals surface area contributed by atoms with E-state index in [9.17, 15) is 0 Å². The van der Waals surface area contributed by atoms with Crippen molar-refractivity contribution in [3.63, 3.8) is 0 Å². The Morgan fingerprint density at radius 1 is 0.536 bits per heavy atom. The molecule has 0 saturated heterocycles. The Morgan fingerprint density at radius 3 is 2.00 bits per heavy atom. The topological polar surface area (TPSA) is 19.2 Å². The van der Waals surface area contributed by atoms with E-state index in [1.807, 2.05) is 42.5 Å². The highest BCUT2D eigenvalue weighted by Crippen LogP contribution is 2.37. The summed E-state index contributed by atoms with van der Waals surface area (Å²) >= 11 is 0. The van der Waals surface area contributed by atoms with Crippen molar-refractivity contribution in [2.24, 2.45) is 0 Å². The average molecular weight is 360 g/mol. The van der Waals surface area contributed by atoms with Crippen molar-refractivity contribution >= 4 is 50.7 Å². The molecule has 0 N–H and O–H groups in total. The van der Waals surface area contributed by atoms with Gasteiger partial charge in [-0.1, -0.05) is 48.5 Å². The zero-order valence-corrected chi connectivity index (χ0v) is 15.0. The van der Waals surface area contributed by atoms with Crippen LogP contribution in [0.4, 0.5) is 22.7 Å². The summed E-state index contributed by atoms with van der Waals surface area (Å²) in [5.41, 5.74) is 6.19. The average Bonchev–Trinajstić information content (AvgIpc) is 3.33. The zero-order chi connectivity index (χ0) is 18.5. The van der Waals surface area contributed by atoms with Gasteiger partial charge in [0.15, 0.2) is 0 Å². The SMILES string of the molecule is C1=[N+](c2ccccc2)c2ccccc2[N+]=1c1ccc2oc3ccccc3c2c1. The number of furan rings is 1. The Labute approximate surface area is 161 Å². The first-order chi connectivity index (χ1) is 13.9. The molecule has 5 aromatic rings. The predicted molar refractivity (Wildman–Crippen MR) is 115 cm³/mol. The van der Waals surface area contributed by atoms with E-state index in [1.54, 1.807) is 0 Å². The van der Waals surface area contributed by atoms with Gasteiger partial charge in [-0.3, -0.25) is 0 Å². The second-order valence-electron chi connectivity index (χ2n) is 6.87. The molecule has 6 rings (SSSR count). The molecule has 0 aliphatic carbocycles. The fourth-order valence-corrected chi connectivity index (χ4v) is 3.87. The minimum atomic E-state index is 0.900. The summed E-state index contributed by atoms with van der Waals surface area (Å²) < 4.78 is 10.2. The molecule has 4 aromatic carbocycles. The first kappa shape index (κ1) is 15.2. The third-order valence-corrected chi connectivity index (χ3v) is 5.20. The van der Waals surface area contributed by atoms with Crippen LogP contribution in [0, 0.1) is 0 Å². The van der Waals surface area contributed by atoms with Gasteiger partial charge in [0.25, 0.3) is 11.4 Å². The van der Waals surface area contributed by atoms with Gasteiger partial charge in [0.05, 0.1) is 0 Å². The molecular weight excluding hydrogens is 344 g/mol. The molecule has 0 fully saturated rings. The largest absolute Gasteiger partial charge is 0.503 e. The minimum Gasteiger partial charge on any atom is -0.456 e. The van der Waals surface area contributed by atoms with Gasteiger partial charge in [-0.05, 0) is 21.3 Å². The van der Waals surface area contributed by atoms with Crippen molar-refractivity contribution in [2.45, 2.75) is 0 Å². The third kappa shape index (κ3) is 2.18. The summed E-state index contributed by atoms with van der Waals surface area (Å²) in [5.74, 6) is 0. The van der Waals surface area contributed by atoms with Crippen LogP contribution in [0.1, 0.15) is 0 Å². The van der Waals surface area contributed by atoms with E-state index in [4.69, 9.17) is 4.42 Å². The Hall–Kier alpha value is -3.94. The van der Waals surface area contributed by atoms with E-state index in [2.05, 4.69) is 69.8 Å². The number of hydrogen-bond donors (Lipinski definition) is 0. The lowest BCUT2D eigenvalue weighted by atomic mass is 10.1. The number of rotatable bonds is 2. The van der Waals surface area contributed by atoms with Crippen LogP contribution < -0.4 is 9.15 Å². The van der Waals surface area contributed by atoms with Gasteiger partial charge in [0.2, 0.25) is 11.4 Å². The standard InChI is InChI=1S/C25H16N2O/c1-2-8-18(9-3-1)26-17-27(23-12-6-5-11-22(23)26)19-14-15-25-21(16-19)20-10-4-7-13-24(20)28-25/h1-16H/q+2. The molecule has 2 heterocycles. The minimum absolute atomic E-state index is 0.900. The van der Waals surface area contributed by atoms with Crippen LogP contribution in [0.5, 0.6) is 0 Å². The molecule has 0 bridgehead atoms. The summed E-state index contributed by atoms with van der Waals surface area (Å²) in [4.78, 5) is 0. The van der Waals surface area contributed by atoms with Gasteiger partial charge in [-0.25, -0.2) is 0 Å². The van der Waals surface area contributed by atoms with E-state index in [-0.39, 0.29) is 0 Å². The lowest BCUT2D eigenvalue weighted by molar-refractivity contribution is 0.669. The van der Waals surface area contributed by atoms with Crippen LogP contribution in [-0.4, -0.2) is 6.01 Å². The molecule has 0 radical (unpaired) electrons. The monoisotopic (exact) mass is 360 g/mol. The first-order valence-corrected chi connectivity index (χ1v) is 9.30. The highest BCUT2D eigenvalue weighted by Gasteiger charge is 2.36. The van der Waals surface area contributed by atoms with Crippen molar-refractivity contribution in [3.8, 4) is 0 Å². The Kier molecular flexibility index (Phi) is 3.13. The maximum atomic E-state index is 5.98. The Bertz CT molecular complexity index is 1440. The summed E-state index contributed by atoms with van der Waals surface area (Å²) in [6.07, 6.45) is 0. The van der Waals surface area contributed by atoms with Crippen molar-refractivity contribution < 1.29 is 4.42 Å². The van der Waals surface area contributed by atoms with E-state index in [0.29, 0.717) is 0 Å². The molecule has 0 saturated carbocycles. The van der Waals surface area contributed by atoms with Crippen LogP contribution >= 0.6 is 0 Å². The van der Waals surface area contributed by atoms with E-state index < -0.39 is 0 Å². The molecule has 1 aliphatic heterocycles. The summed E-state index contributed by atoms with van der Waals surface area (Å²) in [6, 6.07) is 36.7. The fraction of sp³-hybridized carbons (Fsp3) is 0. The molecule has 0 spiro atoms. The number of hydrogen-bond acceptors (Lipinski definition) is 1. The first-order valence-electron chi connectivity index (χ1n) is 9.30. The van der Waals surface area contributed by atoms with Crippen molar-refractivity contribution in [1.29, 1.82) is 0 Å². The maximum Gasteiger partial charge on any atom is 0.503 e. The zero-order valence-electron chi connectivity index (χ0n) is 15.0. The molecule has 28 heavy (non-hydrogen) atoms. The van der Waals surface area contributed by atoms with Crippen LogP contribution in [0.25, 0.3) is 21.9 Å². The second kappa shape index (κ2) is 5.78. The fourth-order valence-electron chi connectivity index (χ4n) is 3.87. The van der Waals surface area contributed by atoms with Gasteiger partial charge in [0.1, 0.15) is 11.2 Å². The number of para-hydroxylation sites is 4. The Morgan fingerprint density at radius 2 is 1.18 bits per heavy atom. The van der Waals surface area contributed by atoms with Crippen LogP contribution in [0.3, 0.4) is 0 Å². The molecule has 1 aromatic heterocycles. The van der Waals surface area contributed by atoms with Gasteiger partial charge >= 0.3 is 6.01 Å². The number of benzene rings is 4. The van der Waals surface area contributed by atoms with Gasteiger partial charge in [0, 0.05) is 47.2 Å². The van der Waals surface area contributed by atoms with Crippen molar-refractivity contribution in [3.05, 3.63) is 97.1 Å². The third-order valence-electron chi connectivity index (χ3n) is 5.20. The molecule has 0 atom stereocenters. The smallest absolute Gasteiger partial charge is 0.456 e. The van der Waals surface area contributed by atoms with Crippen molar-refractivity contribution in [1.82, 2.24) is 9.15 Å². The highest BCUT2D eigenvalue weighted by molar-refractivity contribution is 6.06. The molecule has 1 aliphatic rings. The lowest BCUT2D eigenvalue weighted by Gasteiger charge is -1.96. The van der Waals surface area contributed by atoms with Crippen molar-refractivity contribution in [2.75, 3.05) is 0 Å². The quantitative estimate of drug-likeness (QED) is 0.325.